The lowest BCUT2D eigenvalue weighted by molar-refractivity contribution is 0.156. The summed E-state index contributed by atoms with van der Waals surface area (Å²) in [5, 5.41) is 10.7. The van der Waals surface area contributed by atoms with Gasteiger partial charge in [-0.3, -0.25) is 14.5 Å². The molecule has 5 rings (SSSR count). The zero-order chi connectivity index (χ0) is 23.9. The minimum Gasteiger partial charge on any atom is -0.494 e. The Morgan fingerprint density at radius 3 is 2.65 bits per heavy atom. The van der Waals surface area contributed by atoms with Crippen molar-refractivity contribution in [1.29, 1.82) is 0 Å². The molecule has 0 saturated carbocycles. The highest BCUT2D eigenvalue weighted by molar-refractivity contribution is 7.89. The SMILES string of the molecule is CCOc1ccc(S(=O)(=O)N2C[C@@H](C)[C@@H](N3N=C(Cc4noc(=O)[nH]4)C4C=CC=CC43)C2)cc1. The van der Waals surface area contributed by atoms with Gasteiger partial charge < -0.3 is 4.74 Å². The van der Waals surface area contributed by atoms with E-state index in [0.717, 1.165) is 5.71 Å². The predicted molar refractivity (Wildman–Crippen MR) is 125 cm³/mol. The lowest BCUT2D eigenvalue weighted by Gasteiger charge is -2.32. The smallest absolute Gasteiger partial charge is 0.438 e. The minimum absolute atomic E-state index is 0.0146. The van der Waals surface area contributed by atoms with Crippen LogP contribution in [0.2, 0.25) is 0 Å². The number of benzene rings is 1. The Balaban J connectivity index is 1.37. The first-order valence-electron chi connectivity index (χ1n) is 11.4. The Morgan fingerprint density at radius 2 is 1.94 bits per heavy atom. The van der Waals surface area contributed by atoms with Gasteiger partial charge in [0, 0.05) is 19.0 Å². The van der Waals surface area contributed by atoms with Crippen LogP contribution in [-0.2, 0) is 16.4 Å². The third kappa shape index (κ3) is 4.09. The molecule has 0 bridgehead atoms. The molecule has 2 aromatic rings. The van der Waals surface area contributed by atoms with Gasteiger partial charge in [0.15, 0.2) is 5.82 Å². The number of rotatable bonds is 7. The topological polar surface area (TPSA) is 121 Å². The fraction of sp³-hybridized carbons (Fsp3) is 0.435. The van der Waals surface area contributed by atoms with Crippen LogP contribution < -0.4 is 10.5 Å². The first kappa shape index (κ1) is 22.6. The largest absolute Gasteiger partial charge is 0.494 e. The summed E-state index contributed by atoms with van der Waals surface area (Å²) < 4.78 is 38.3. The molecule has 0 radical (unpaired) electrons. The zero-order valence-corrected chi connectivity index (χ0v) is 19.8. The van der Waals surface area contributed by atoms with Crippen molar-refractivity contribution in [2.75, 3.05) is 19.7 Å². The molecule has 3 aliphatic rings. The molecule has 11 heteroatoms. The van der Waals surface area contributed by atoms with E-state index in [9.17, 15) is 13.2 Å². The molecular formula is C23H27N5O5S. The van der Waals surface area contributed by atoms with Crippen LogP contribution in [0.5, 0.6) is 5.75 Å². The average molecular weight is 486 g/mol. The Kier molecular flexibility index (Phi) is 5.90. The summed E-state index contributed by atoms with van der Waals surface area (Å²) in [7, 11) is -3.65. The lowest BCUT2D eigenvalue weighted by atomic mass is 9.89. The second-order valence-electron chi connectivity index (χ2n) is 8.75. The molecule has 1 aromatic heterocycles. The van der Waals surface area contributed by atoms with Crippen LogP contribution in [0, 0.1) is 11.8 Å². The van der Waals surface area contributed by atoms with Crippen LogP contribution in [0.3, 0.4) is 0 Å². The monoisotopic (exact) mass is 485 g/mol. The van der Waals surface area contributed by atoms with Crippen molar-refractivity contribution in [2.45, 2.75) is 37.2 Å². The fourth-order valence-corrected chi connectivity index (χ4v) is 6.42. The number of allylic oxidation sites excluding steroid dienone is 2. The molecule has 1 aliphatic carbocycles. The molecule has 0 spiro atoms. The number of ether oxygens (including phenoxy) is 1. The number of aromatic nitrogens is 2. The Labute approximate surface area is 197 Å². The van der Waals surface area contributed by atoms with Crippen molar-refractivity contribution in [3.8, 4) is 5.75 Å². The first-order valence-corrected chi connectivity index (χ1v) is 12.8. The highest BCUT2D eigenvalue weighted by Crippen LogP contribution is 2.36. The number of fused-ring (bicyclic) bond motifs is 1. The molecule has 4 atom stereocenters. The molecule has 34 heavy (non-hydrogen) atoms. The van der Waals surface area contributed by atoms with E-state index in [1.54, 1.807) is 24.3 Å². The summed E-state index contributed by atoms with van der Waals surface area (Å²) in [6.45, 7) is 5.21. The Hall–Kier alpha value is -3.18. The van der Waals surface area contributed by atoms with E-state index in [1.807, 2.05) is 24.1 Å². The fourth-order valence-electron chi connectivity index (χ4n) is 4.86. The molecule has 10 nitrogen and oxygen atoms in total. The quantitative estimate of drug-likeness (QED) is 0.635. The number of sulfonamides is 1. The van der Waals surface area contributed by atoms with Crippen molar-refractivity contribution in [2.24, 2.45) is 16.9 Å². The van der Waals surface area contributed by atoms with Crippen LogP contribution in [-0.4, -0.2) is 65.4 Å². The summed E-state index contributed by atoms with van der Waals surface area (Å²) in [6.07, 6.45) is 8.49. The summed E-state index contributed by atoms with van der Waals surface area (Å²) in [6, 6.07) is 6.45. The summed E-state index contributed by atoms with van der Waals surface area (Å²) in [5.41, 5.74) is 0.857. The molecule has 2 unspecified atom stereocenters. The maximum Gasteiger partial charge on any atom is 0.438 e. The van der Waals surface area contributed by atoms with Gasteiger partial charge in [-0.2, -0.15) is 9.41 Å². The number of aromatic amines is 1. The summed E-state index contributed by atoms with van der Waals surface area (Å²) in [4.78, 5) is 14.2. The van der Waals surface area contributed by atoms with Crippen LogP contribution in [0.1, 0.15) is 19.7 Å². The van der Waals surface area contributed by atoms with E-state index in [2.05, 4.69) is 33.7 Å². The average Bonchev–Trinajstić information content (AvgIpc) is 3.52. The second kappa shape index (κ2) is 8.88. The summed E-state index contributed by atoms with van der Waals surface area (Å²) >= 11 is 0. The van der Waals surface area contributed by atoms with Gasteiger partial charge in [0.2, 0.25) is 10.0 Å². The Bertz CT molecular complexity index is 1290. The van der Waals surface area contributed by atoms with Crippen molar-refractivity contribution >= 4 is 15.7 Å². The van der Waals surface area contributed by atoms with Crippen LogP contribution >= 0.6 is 0 Å². The second-order valence-corrected chi connectivity index (χ2v) is 10.7. The van der Waals surface area contributed by atoms with Crippen LogP contribution in [0.4, 0.5) is 0 Å². The third-order valence-corrected chi connectivity index (χ3v) is 8.37. The van der Waals surface area contributed by atoms with Gasteiger partial charge in [-0.1, -0.05) is 36.4 Å². The summed E-state index contributed by atoms with van der Waals surface area (Å²) in [5.74, 6) is 0.568. The molecular weight excluding hydrogens is 458 g/mol. The number of H-pyrrole nitrogens is 1. The van der Waals surface area contributed by atoms with Crippen molar-refractivity contribution in [3.63, 3.8) is 0 Å². The molecule has 1 aromatic carbocycles. The van der Waals surface area contributed by atoms with E-state index in [1.165, 1.54) is 4.31 Å². The van der Waals surface area contributed by atoms with Gasteiger partial charge in [-0.25, -0.2) is 13.2 Å². The molecule has 3 heterocycles. The van der Waals surface area contributed by atoms with Crippen molar-refractivity contribution < 1.29 is 17.7 Å². The van der Waals surface area contributed by atoms with Crippen molar-refractivity contribution in [1.82, 2.24) is 19.5 Å². The molecule has 2 aliphatic heterocycles. The number of nitrogens with one attached hydrogen (secondary N) is 1. The van der Waals surface area contributed by atoms with Crippen LogP contribution in [0.25, 0.3) is 0 Å². The van der Waals surface area contributed by atoms with Gasteiger partial charge in [0.25, 0.3) is 0 Å². The van der Waals surface area contributed by atoms with Gasteiger partial charge >= 0.3 is 5.76 Å². The van der Waals surface area contributed by atoms with E-state index in [-0.39, 0.29) is 28.8 Å². The van der Waals surface area contributed by atoms with Gasteiger partial charge in [0.05, 0.1) is 35.7 Å². The number of hydrazone groups is 1. The highest BCUT2D eigenvalue weighted by atomic mass is 32.2. The minimum atomic E-state index is -3.65. The third-order valence-electron chi connectivity index (χ3n) is 6.53. The lowest BCUT2D eigenvalue weighted by Crippen LogP contribution is -2.43. The van der Waals surface area contributed by atoms with E-state index >= 15 is 0 Å². The van der Waals surface area contributed by atoms with Gasteiger partial charge in [-0.15, -0.1) is 0 Å². The standard InChI is InChI=1S/C23H27N5O5S/c1-3-32-16-8-10-17(11-9-16)34(30,31)27-13-15(2)21(14-27)28-20-7-5-4-6-18(20)19(25-28)12-22-24-23(29)33-26-22/h4-11,15,18,20-21H,3,12-14H2,1-2H3,(H,24,26,29)/t15-,18?,20?,21+/m1/s1. The molecule has 1 saturated heterocycles. The molecule has 0 amide bonds. The maximum absolute atomic E-state index is 13.4. The van der Waals surface area contributed by atoms with E-state index in [4.69, 9.17) is 9.84 Å². The van der Waals surface area contributed by atoms with Gasteiger partial charge in [0.1, 0.15) is 5.75 Å². The normalized spacial score (nSPS) is 26.6. The van der Waals surface area contributed by atoms with E-state index < -0.39 is 15.8 Å². The number of hydrogen-bond donors (Lipinski definition) is 1. The van der Waals surface area contributed by atoms with Crippen LogP contribution in [0.15, 0.2) is 67.9 Å². The molecule has 180 valence electrons. The molecule has 1 fully saturated rings. The Morgan fingerprint density at radius 1 is 1.18 bits per heavy atom. The number of nitrogens with zero attached hydrogens (tertiary/aromatic N) is 4. The molecule has 1 N–H and O–H groups in total. The highest BCUT2D eigenvalue weighted by Gasteiger charge is 2.46. The van der Waals surface area contributed by atoms with Crippen molar-refractivity contribution in [3.05, 3.63) is 64.9 Å². The van der Waals surface area contributed by atoms with Gasteiger partial charge in [-0.05, 0) is 37.1 Å². The zero-order valence-electron chi connectivity index (χ0n) is 19.0. The number of hydrogen-bond acceptors (Lipinski definition) is 8. The maximum atomic E-state index is 13.4. The first-order chi connectivity index (χ1) is 16.4. The predicted octanol–water partition coefficient (Wildman–Crippen LogP) is 1.80. The van der Waals surface area contributed by atoms with E-state index in [0.29, 0.717) is 37.7 Å².